The topological polar surface area (TPSA) is 448 Å². The molecule has 1 aromatic rings. The van der Waals surface area contributed by atoms with E-state index in [2.05, 4.69) is 55.6 Å². The molecule has 31 nitrogen and oxygen atoms in total. The van der Waals surface area contributed by atoms with Crippen molar-refractivity contribution in [2.24, 2.45) is 52.3 Å². The maximum Gasteiger partial charge on any atom is 0.338 e. The molecule has 17 atom stereocenters. The van der Waals surface area contributed by atoms with Gasteiger partial charge in [0, 0.05) is 139 Å². The normalized spacial score (nSPS) is 32.4. The smallest absolute Gasteiger partial charge is 0.338 e. The molecule has 12 aliphatic heterocycles. The van der Waals surface area contributed by atoms with Crippen molar-refractivity contribution in [2.45, 2.75) is 140 Å². The predicted molar refractivity (Wildman–Crippen MR) is 366 cm³/mol. The molecule has 0 radical (unpaired) electrons. The summed E-state index contributed by atoms with van der Waals surface area (Å²) in [4.78, 5) is 68.5. The van der Waals surface area contributed by atoms with Gasteiger partial charge in [-0.1, -0.05) is 30.2 Å². The highest BCUT2D eigenvalue weighted by atomic mass is 32.2. The molecule has 9 unspecified atom stereocenters. The Labute approximate surface area is 578 Å². The number of aryl methyl sites for hydroxylation is 1. The Bertz CT molecular complexity index is 2740. The van der Waals surface area contributed by atoms with Gasteiger partial charge in [-0.05, 0) is 155 Å². The molecule has 560 valence electrons. The van der Waals surface area contributed by atoms with E-state index in [1.807, 2.05) is 25.9 Å². The Balaban J connectivity index is 0.000000238. The van der Waals surface area contributed by atoms with Gasteiger partial charge in [-0.25, -0.2) is 4.79 Å². The number of hydrogen-bond acceptors (Lipinski definition) is 26. The largest absolute Gasteiger partial charge is 0.503 e. The third-order valence-electron chi connectivity index (χ3n) is 19.4. The fourth-order valence-electron chi connectivity index (χ4n) is 13.2. The molecule has 98 heavy (non-hydrogen) atoms. The van der Waals surface area contributed by atoms with E-state index in [1.54, 1.807) is 26.0 Å². The zero-order valence-corrected chi connectivity index (χ0v) is 58.3. The van der Waals surface area contributed by atoms with Crippen molar-refractivity contribution >= 4 is 39.8 Å². The molecule has 11 fully saturated rings. The average molecular weight is 1410 g/mol. The number of azide groups is 1. The number of ether oxygens (including phenoxy) is 2. The van der Waals surface area contributed by atoms with E-state index in [9.17, 15) is 57.9 Å². The first kappa shape index (κ1) is 85.2. The number of rotatable bonds is 11. The van der Waals surface area contributed by atoms with Crippen LogP contribution in [0.5, 0.6) is 0 Å². The lowest BCUT2D eigenvalue weighted by Crippen LogP contribution is -2.49. The van der Waals surface area contributed by atoms with Crippen LogP contribution in [0.15, 0.2) is 45.6 Å². The van der Waals surface area contributed by atoms with Gasteiger partial charge in [-0.3, -0.25) is 23.4 Å². The predicted octanol–water partition coefficient (Wildman–Crippen LogP) is -0.953. The lowest BCUT2D eigenvalue weighted by molar-refractivity contribution is -0.158. The molecule has 13 rings (SSSR count). The fourth-order valence-corrected chi connectivity index (χ4v) is 14.2. The average Bonchev–Trinajstić information content (AvgIpc) is 1.58. The minimum atomic E-state index is -3.74. The van der Waals surface area contributed by atoms with E-state index < -0.39 is 57.8 Å². The number of nitrogens with zero attached hydrogens (tertiary/aromatic N) is 8. The standard InChI is InChI=1S/C14H21NO4S.C8H13NO4.C8H11NO4.C7H15NO2.C6H10N4.C6H12N2.C6H13NO2.C6H11NO.C4H7NO.CH4/c1-11-3-5-13(6-4-11)20(17,18)19-10-12-7-8-15(2)9-14(12)16;2*1-2-13-8(12)5-3-4-9-7(11)6(5)10;1-8-3-2-6(5-9)7(10)4-8;7-9-8-6-4-10-2-1-5(6)3-10;7-6-4-8-2-1-5(6)3-8;8-4-5-1-2-7-3-6(5)9;8-6-4-7-2-1-5(6)3-7;6-4-2-1-3-5-4;/h3-6,12,14,16H,7-10H2,1-2H3;5-6,10H,2-4H2,1H3,(H,9,11);10H,2-4H2,1H3,(H,9,11);6-7,9-10H,2-5H2,1H3;5-6H,1-4H2;5-6H,1-4,7H2;5-9H,1-4H2;5-6,8H,1-4H2;1-3H2,(H,5,6);1H4/t12-,14-;5-,6-;;6-,7-;;;5-,6-;;;/m10.1..1.../s1. The van der Waals surface area contributed by atoms with Crippen LogP contribution < -0.4 is 27.0 Å². The minimum absolute atomic E-state index is 0. The second-order valence-electron chi connectivity index (χ2n) is 26.8. The van der Waals surface area contributed by atoms with Crippen molar-refractivity contribution in [3.63, 3.8) is 0 Å². The number of β-amino-alcohol motifs (C(OH)–C–C–N with tert-alkyl or cyclic N) is 3. The Hall–Kier alpha value is -5.23. The molecule has 0 spiro atoms. The van der Waals surface area contributed by atoms with Gasteiger partial charge < -0.3 is 102 Å². The van der Waals surface area contributed by atoms with Gasteiger partial charge in [0.2, 0.25) is 11.8 Å². The van der Waals surface area contributed by atoms with Crippen molar-refractivity contribution in [1.82, 2.24) is 45.8 Å². The van der Waals surface area contributed by atoms with E-state index in [4.69, 9.17) is 35.5 Å². The molecule has 1 aromatic carbocycles. The van der Waals surface area contributed by atoms with Gasteiger partial charge in [0.25, 0.3) is 16.0 Å². The minimum Gasteiger partial charge on any atom is -0.503 e. The van der Waals surface area contributed by atoms with Crippen molar-refractivity contribution < 1.29 is 86.9 Å². The van der Waals surface area contributed by atoms with Gasteiger partial charge in [0.1, 0.15) is 6.10 Å². The number of aliphatic hydroxyl groups is 8. The first-order chi connectivity index (χ1) is 46.3. The number of carbonyl (C=O) groups is 5. The van der Waals surface area contributed by atoms with Crippen LogP contribution in [0.3, 0.4) is 0 Å². The number of fused-ring (bicyclic) bond motifs is 6. The fraction of sp³-hybridized carbons (Fsp3) is 0.803. The summed E-state index contributed by atoms with van der Waals surface area (Å²) in [5, 5.41) is 87.9. The summed E-state index contributed by atoms with van der Waals surface area (Å²) >= 11 is 0. The molecule has 0 aliphatic carbocycles. The van der Waals surface area contributed by atoms with Gasteiger partial charge in [0.15, 0.2) is 5.76 Å². The number of nitrogens with two attached hydrogens (primary N) is 1. The Morgan fingerprint density at radius 1 is 0.663 bits per heavy atom. The van der Waals surface area contributed by atoms with Crippen LogP contribution in [0.1, 0.15) is 91.0 Å². The van der Waals surface area contributed by atoms with E-state index in [0.29, 0.717) is 63.4 Å². The van der Waals surface area contributed by atoms with E-state index in [0.717, 1.165) is 102 Å². The molecule has 3 amide bonds. The molecule has 14 N–H and O–H groups in total. The van der Waals surface area contributed by atoms with Crippen LogP contribution in [0.4, 0.5) is 0 Å². The number of esters is 2. The number of likely N-dealkylation sites (tertiary alicyclic amines) is 2. The summed E-state index contributed by atoms with van der Waals surface area (Å²) in [7, 11) is 0.179. The van der Waals surface area contributed by atoms with Gasteiger partial charge in [-0.2, -0.15) is 8.42 Å². The molecule has 0 saturated carbocycles. The van der Waals surface area contributed by atoms with Crippen LogP contribution in [-0.2, 0) is 47.7 Å². The van der Waals surface area contributed by atoms with Crippen LogP contribution >= 0.6 is 0 Å². The summed E-state index contributed by atoms with van der Waals surface area (Å²) in [6.45, 7) is 22.7. The summed E-state index contributed by atoms with van der Waals surface area (Å²) in [6.07, 6.45) is 6.38. The van der Waals surface area contributed by atoms with E-state index in [1.165, 1.54) is 57.6 Å². The molecule has 0 aromatic heterocycles. The second-order valence-corrected chi connectivity index (χ2v) is 28.4. The summed E-state index contributed by atoms with van der Waals surface area (Å²) < 4.78 is 38.6. The SMILES string of the molecule is C.CCOC(=O)C1=C(O)C(=O)NCC1.CCOC(=O)[C@H]1CCNC(=O)[C@H]1O.CN1CC[C@H](CO)[C@H](O)C1.Cc1ccc(S(=O)(=O)OC[C@H]2CCN(C)C[C@H]2O)cc1.NC1CN2CCC1C2.O=C1CCCN1.OC1CN2CCC1C2.OC[C@H]1CCNC[C@H]1O.[N-]=[N+]=NC1CN2CCC1C2. The van der Waals surface area contributed by atoms with E-state index >= 15 is 0 Å². The number of hydrogen-bond donors (Lipinski definition) is 13. The van der Waals surface area contributed by atoms with Crippen molar-refractivity contribution in [1.29, 1.82) is 0 Å². The molecule has 6 bridgehead atoms. The first-order valence-electron chi connectivity index (χ1n) is 34.5. The summed E-state index contributed by atoms with van der Waals surface area (Å²) in [5.41, 5.74) is 15.0. The molecule has 12 aliphatic rings. The number of aliphatic hydroxyl groups excluding tert-OH is 8. The highest BCUT2D eigenvalue weighted by Gasteiger charge is 2.39. The summed E-state index contributed by atoms with van der Waals surface area (Å²) in [5.74, 6) is -1.04. The number of carbonyl (C=O) groups excluding carboxylic acids is 5. The van der Waals surface area contributed by atoms with E-state index in [-0.39, 0.29) is 98.9 Å². The number of benzene rings is 1. The lowest BCUT2D eigenvalue weighted by Gasteiger charge is -2.33. The number of likely N-dealkylation sites (N-methyl/N-ethyl adjacent to an activating group) is 2. The van der Waals surface area contributed by atoms with Gasteiger partial charge in [-0.15, -0.1) is 0 Å². The van der Waals surface area contributed by atoms with Gasteiger partial charge >= 0.3 is 11.9 Å². The van der Waals surface area contributed by atoms with Crippen molar-refractivity contribution in [3.8, 4) is 0 Å². The number of piperidine rings is 7. The third kappa shape index (κ3) is 28.3. The third-order valence-corrected chi connectivity index (χ3v) is 20.7. The second kappa shape index (κ2) is 44.2. The Morgan fingerprint density at radius 2 is 1.24 bits per heavy atom. The highest BCUT2D eigenvalue weighted by molar-refractivity contribution is 7.86. The molecular weight excluding hydrogens is 1290 g/mol. The van der Waals surface area contributed by atoms with Crippen molar-refractivity contribution in [3.05, 3.63) is 51.6 Å². The van der Waals surface area contributed by atoms with Crippen LogP contribution in [0, 0.1) is 48.3 Å². The van der Waals surface area contributed by atoms with Crippen molar-refractivity contribution in [2.75, 3.05) is 165 Å². The summed E-state index contributed by atoms with van der Waals surface area (Å²) in [6, 6.07) is 7.33. The maximum absolute atomic E-state index is 12.0. The quantitative estimate of drug-likeness (QED) is 0.0417. The van der Waals surface area contributed by atoms with Crippen LogP contribution in [-0.4, -0.2) is 311 Å². The van der Waals surface area contributed by atoms with Crippen LogP contribution in [0.25, 0.3) is 10.4 Å². The molecular formula is C66H117N13O18S. The Morgan fingerprint density at radius 3 is 1.67 bits per heavy atom. The first-order valence-corrected chi connectivity index (χ1v) is 35.9. The molecule has 32 heteroatoms. The zero-order valence-electron chi connectivity index (χ0n) is 57.5. The highest BCUT2D eigenvalue weighted by Crippen LogP contribution is 2.31. The zero-order chi connectivity index (χ0) is 71.2. The monoisotopic (exact) mass is 1410 g/mol. The van der Waals surface area contributed by atoms with Gasteiger partial charge in [0.05, 0.1) is 66.7 Å². The lowest BCUT2D eigenvalue weighted by atomic mass is 9.95. The molecule has 11 saturated heterocycles. The number of nitrogens with one attached hydrogen (secondary N) is 4. The molecule has 12 heterocycles. The van der Waals surface area contributed by atoms with Crippen LogP contribution in [0.2, 0.25) is 0 Å². The Kier molecular flexibility index (Phi) is 38.4. The number of amides is 3. The maximum atomic E-state index is 12.0.